The van der Waals surface area contributed by atoms with Crippen LogP contribution in [0.3, 0.4) is 0 Å². The summed E-state index contributed by atoms with van der Waals surface area (Å²) in [4.78, 5) is 0. The summed E-state index contributed by atoms with van der Waals surface area (Å²) in [5, 5.41) is 12.5. The van der Waals surface area contributed by atoms with Gasteiger partial charge in [-0.3, -0.25) is 5.32 Å². The number of nitriles is 1. The van der Waals surface area contributed by atoms with Crippen LogP contribution in [0.5, 0.6) is 5.75 Å². The van der Waals surface area contributed by atoms with Crippen LogP contribution in [0.2, 0.25) is 0 Å². The second-order valence-corrected chi connectivity index (χ2v) is 4.86. The summed E-state index contributed by atoms with van der Waals surface area (Å²) < 4.78 is 19.3. The molecule has 0 aliphatic rings. The molecule has 4 heteroatoms. The third-order valence-electron chi connectivity index (χ3n) is 3.42. The van der Waals surface area contributed by atoms with E-state index in [4.69, 9.17) is 4.74 Å². The third kappa shape index (κ3) is 3.21. The molecule has 0 bridgehead atoms. The van der Waals surface area contributed by atoms with Crippen molar-refractivity contribution in [1.29, 1.82) is 5.26 Å². The maximum absolute atomic E-state index is 13.7. The third-order valence-corrected chi connectivity index (χ3v) is 3.42. The molecule has 0 radical (unpaired) electrons. The van der Waals surface area contributed by atoms with Crippen LogP contribution >= 0.6 is 0 Å². The Balaban J connectivity index is 2.26. The van der Waals surface area contributed by atoms with Crippen molar-refractivity contribution in [1.82, 2.24) is 5.32 Å². The summed E-state index contributed by atoms with van der Waals surface area (Å²) in [6.07, 6.45) is 0. The molecule has 0 aliphatic carbocycles. The van der Waals surface area contributed by atoms with Gasteiger partial charge in [-0.15, -0.1) is 0 Å². The normalized spacial score (nSPS) is 13.2. The lowest BCUT2D eigenvalue weighted by molar-refractivity contribution is 0.222. The molecule has 108 valence electrons. The van der Waals surface area contributed by atoms with Crippen LogP contribution in [0.15, 0.2) is 48.5 Å². The molecule has 3 nitrogen and oxygen atoms in total. The molecule has 2 rings (SSSR count). The number of ether oxygens (including phenoxy) is 1. The van der Waals surface area contributed by atoms with E-state index in [2.05, 4.69) is 11.4 Å². The Morgan fingerprint density at radius 1 is 1.24 bits per heavy atom. The highest BCUT2D eigenvalue weighted by molar-refractivity contribution is 5.33. The summed E-state index contributed by atoms with van der Waals surface area (Å²) in [6.45, 7) is 1.88. The molecule has 21 heavy (non-hydrogen) atoms. The van der Waals surface area contributed by atoms with Gasteiger partial charge < -0.3 is 4.74 Å². The van der Waals surface area contributed by atoms with Gasteiger partial charge in [0, 0.05) is 0 Å². The zero-order valence-electron chi connectivity index (χ0n) is 12.1. The van der Waals surface area contributed by atoms with Crippen molar-refractivity contribution in [3.8, 4) is 11.8 Å². The first-order valence-electron chi connectivity index (χ1n) is 6.66. The first-order valence-corrected chi connectivity index (χ1v) is 6.66. The number of nitrogens with one attached hydrogen (secondary N) is 1. The van der Waals surface area contributed by atoms with Gasteiger partial charge >= 0.3 is 0 Å². The fourth-order valence-electron chi connectivity index (χ4n) is 2.08. The quantitative estimate of drug-likeness (QED) is 0.917. The minimum absolute atomic E-state index is 0.0182. The predicted octanol–water partition coefficient (Wildman–Crippen LogP) is 3.15. The van der Waals surface area contributed by atoms with Crippen molar-refractivity contribution in [2.24, 2.45) is 0 Å². The van der Waals surface area contributed by atoms with E-state index < -0.39 is 11.4 Å². The lowest BCUT2D eigenvalue weighted by Gasteiger charge is -2.26. The lowest BCUT2D eigenvalue weighted by Crippen LogP contribution is -2.44. The standard InChI is InChI=1S/C17H17FN2O/c1-13-8-9-15(18)16(10-13)21-12-17(11-19,20-2)14-6-4-3-5-7-14/h3-10,20H,12H2,1-2H3. The molecule has 0 aliphatic heterocycles. The molecule has 0 saturated heterocycles. The minimum Gasteiger partial charge on any atom is -0.487 e. The fourth-order valence-corrected chi connectivity index (χ4v) is 2.08. The Labute approximate surface area is 124 Å². The number of likely N-dealkylation sites (N-methyl/N-ethyl adjacent to an activating group) is 1. The van der Waals surface area contributed by atoms with Crippen molar-refractivity contribution in [3.63, 3.8) is 0 Å². The maximum atomic E-state index is 13.7. The van der Waals surface area contributed by atoms with E-state index in [9.17, 15) is 9.65 Å². The summed E-state index contributed by atoms with van der Waals surface area (Å²) >= 11 is 0. The lowest BCUT2D eigenvalue weighted by atomic mass is 9.92. The van der Waals surface area contributed by atoms with Gasteiger partial charge in [0.1, 0.15) is 6.61 Å². The summed E-state index contributed by atoms with van der Waals surface area (Å²) in [7, 11) is 1.69. The van der Waals surface area contributed by atoms with Crippen LogP contribution in [0.4, 0.5) is 4.39 Å². The van der Waals surface area contributed by atoms with E-state index >= 15 is 0 Å². The molecular formula is C17H17FN2O. The van der Waals surface area contributed by atoms with Crippen LogP contribution in [0.1, 0.15) is 11.1 Å². The number of nitrogens with zero attached hydrogens (tertiary/aromatic N) is 1. The number of benzene rings is 2. The average Bonchev–Trinajstić information content (AvgIpc) is 2.53. The van der Waals surface area contributed by atoms with Crippen LogP contribution in [0.25, 0.3) is 0 Å². The Hall–Kier alpha value is -2.38. The second kappa shape index (κ2) is 6.38. The van der Waals surface area contributed by atoms with Crippen LogP contribution < -0.4 is 10.1 Å². The molecule has 0 saturated carbocycles. The van der Waals surface area contributed by atoms with Crippen molar-refractivity contribution in [3.05, 3.63) is 65.5 Å². The van der Waals surface area contributed by atoms with Crippen LogP contribution in [0, 0.1) is 24.1 Å². The highest BCUT2D eigenvalue weighted by atomic mass is 19.1. The molecule has 1 atom stereocenters. The summed E-state index contributed by atoms with van der Waals surface area (Å²) in [6, 6.07) is 16.2. The van der Waals surface area contributed by atoms with Crippen LogP contribution in [-0.4, -0.2) is 13.7 Å². The Morgan fingerprint density at radius 3 is 2.57 bits per heavy atom. The van der Waals surface area contributed by atoms with Crippen molar-refractivity contribution >= 4 is 0 Å². The van der Waals surface area contributed by atoms with E-state index in [1.165, 1.54) is 6.07 Å². The van der Waals surface area contributed by atoms with E-state index in [-0.39, 0.29) is 12.4 Å². The first kappa shape index (κ1) is 15.0. The first-order chi connectivity index (χ1) is 10.1. The minimum atomic E-state index is -1.02. The predicted molar refractivity (Wildman–Crippen MR) is 79.4 cm³/mol. The number of hydrogen-bond donors (Lipinski definition) is 1. The van der Waals surface area contributed by atoms with Gasteiger partial charge in [-0.05, 0) is 37.2 Å². The van der Waals surface area contributed by atoms with E-state index in [0.717, 1.165) is 11.1 Å². The average molecular weight is 284 g/mol. The molecular weight excluding hydrogens is 267 g/mol. The monoisotopic (exact) mass is 284 g/mol. The highest BCUT2D eigenvalue weighted by Crippen LogP contribution is 2.24. The van der Waals surface area contributed by atoms with Gasteiger partial charge in [0.25, 0.3) is 0 Å². The number of hydrogen-bond acceptors (Lipinski definition) is 3. The van der Waals surface area contributed by atoms with Gasteiger partial charge in [0.05, 0.1) is 6.07 Å². The van der Waals surface area contributed by atoms with Gasteiger partial charge in [0.2, 0.25) is 0 Å². The fraction of sp³-hybridized carbons (Fsp3) is 0.235. The van der Waals surface area contributed by atoms with E-state index in [0.29, 0.717) is 0 Å². The molecule has 1 N–H and O–H groups in total. The van der Waals surface area contributed by atoms with Crippen molar-refractivity contribution < 1.29 is 9.13 Å². The highest BCUT2D eigenvalue weighted by Gasteiger charge is 2.31. The summed E-state index contributed by atoms with van der Waals surface area (Å²) in [5.41, 5.74) is 0.665. The molecule has 1 unspecified atom stereocenters. The molecule has 0 fully saturated rings. The molecule has 2 aromatic carbocycles. The number of rotatable bonds is 5. The van der Waals surface area contributed by atoms with Gasteiger partial charge in [0.15, 0.2) is 17.1 Å². The smallest absolute Gasteiger partial charge is 0.166 e. The molecule has 0 spiro atoms. The van der Waals surface area contributed by atoms with Crippen LogP contribution in [-0.2, 0) is 5.54 Å². The largest absolute Gasteiger partial charge is 0.487 e. The van der Waals surface area contributed by atoms with E-state index in [1.807, 2.05) is 37.3 Å². The maximum Gasteiger partial charge on any atom is 0.166 e. The number of halogens is 1. The zero-order chi connectivity index (χ0) is 15.3. The molecule has 0 aromatic heterocycles. The van der Waals surface area contributed by atoms with Crippen molar-refractivity contribution in [2.75, 3.05) is 13.7 Å². The number of aryl methyl sites for hydroxylation is 1. The molecule has 2 aromatic rings. The topological polar surface area (TPSA) is 45.0 Å². The SMILES string of the molecule is CNC(C#N)(COc1cc(C)ccc1F)c1ccccc1. The zero-order valence-corrected chi connectivity index (χ0v) is 12.1. The summed E-state index contributed by atoms with van der Waals surface area (Å²) in [5.74, 6) is -0.280. The Kier molecular flexibility index (Phi) is 4.56. The van der Waals surface area contributed by atoms with Gasteiger partial charge in [-0.2, -0.15) is 5.26 Å². The molecule has 0 amide bonds. The van der Waals surface area contributed by atoms with E-state index in [1.54, 1.807) is 19.2 Å². The molecule has 0 heterocycles. The van der Waals surface area contributed by atoms with Gasteiger partial charge in [-0.25, -0.2) is 4.39 Å². The Bertz CT molecular complexity index is 652. The van der Waals surface area contributed by atoms with Crippen molar-refractivity contribution in [2.45, 2.75) is 12.5 Å². The van der Waals surface area contributed by atoms with Gasteiger partial charge in [-0.1, -0.05) is 36.4 Å². The second-order valence-electron chi connectivity index (χ2n) is 4.86. The Morgan fingerprint density at radius 2 is 1.95 bits per heavy atom.